The number of hydrogen-bond donors (Lipinski definition) is 1. The first-order chi connectivity index (χ1) is 9.32. The zero-order valence-corrected chi connectivity index (χ0v) is 14.4. The second-order valence-corrected chi connectivity index (χ2v) is 7.98. The molecular weight excluding hydrogens is 274 g/mol. The maximum absolute atomic E-state index is 12.7. The van der Waals surface area contributed by atoms with Crippen LogP contribution in [0.1, 0.15) is 53.4 Å². The molecule has 0 spiro atoms. The number of hydrogen-bond acceptors (Lipinski definition) is 3. The van der Waals surface area contributed by atoms with Gasteiger partial charge in [0.1, 0.15) is 0 Å². The molecule has 1 rings (SSSR count). The van der Waals surface area contributed by atoms with Crippen molar-refractivity contribution >= 4 is 10.2 Å². The fraction of sp³-hybridized carbons (Fsp3) is 1.00. The summed E-state index contributed by atoms with van der Waals surface area (Å²) in [6, 6.07) is 0.258. The Hall–Kier alpha value is -0.170. The first kappa shape index (κ1) is 17.9. The first-order valence-corrected chi connectivity index (χ1v) is 9.20. The summed E-state index contributed by atoms with van der Waals surface area (Å²) in [6.07, 6.45) is 4.08. The van der Waals surface area contributed by atoms with Crippen LogP contribution in [0.3, 0.4) is 0 Å². The van der Waals surface area contributed by atoms with Crippen molar-refractivity contribution in [3.8, 4) is 0 Å². The van der Waals surface area contributed by atoms with Crippen molar-refractivity contribution in [2.45, 2.75) is 71.5 Å². The molecule has 0 amide bonds. The quantitative estimate of drug-likeness (QED) is 0.780. The lowest BCUT2D eigenvalue weighted by Crippen LogP contribution is -2.57. The smallest absolute Gasteiger partial charge is 0.282 e. The van der Waals surface area contributed by atoms with Crippen LogP contribution >= 0.6 is 0 Å². The van der Waals surface area contributed by atoms with E-state index in [4.69, 9.17) is 0 Å². The van der Waals surface area contributed by atoms with Crippen LogP contribution in [0.2, 0.25) is 0 Å². The maximum atomic E-state index is 12.7. The predicted molar refractivity (Wildman–Crippen MR) is 83.9 cm³/mol. The maximum Gasteiger partial charge on any atom is 0.282 e. The third-order valence-electron chi connectivity index (χ3n) is 4.18. The molecule has 1 fully saturated rings. The molecule has 1 aliphatic heterocycles. The monoisotopic (exact) mass is 305 g/mol. The van der Waals surface area contributed by atoms with Crippen LogP contribution in [0.25, 0.3) is 0 Å². The molecule has 2 atom stereocenters. The van der Waals surface area contributed by atoms with E-state index in [1.165, 1.54) is 4.31 Å². The summed E-state index contributed by atoms with van der Waals surface area (Å²) in [6.45, 7) is 9.63. The van der Waals surface area contributed by atoms with Crippen LogP contribution in [-0.4, -0.2) is 55.3 Å². The van der Waals surface area contributed by atoms with Gasteiger partial charge < -0.3 is 5.32 Å². The minimum Gasteiger partial charge on any atom is -0.313 e. The van der Waals surface area contributed by atoms with Gasteiger partial charge in [0.2, 0.25) is 0 Å². The van der Waals surface area contributed by atoms with Gasteiger partial charge in [0, 0.05) is 31.7 Å². The Morgan fingerprint density at radius 1 is 1.30 bits per heavy atom. The highest BCUT2D eigenvalue weighted by molar-refractivity contribution is 7.86. The van der Waals surface area contributed by atoms with E-state index in [1.54, 1.807) is 11.4 Å². The van der Waals surface area contributed by atoms with E-state index in [2.05, 4.69) is 19.2 Å². The van der Waals surface area contributed by atoms with Crippen molar-refractivity contribution in [2.75, 3.05) is 20.1 Å². The molecule has 1 aliphatic rings. The fourth-order valence-electron chi connectivity index (χ4n) is 2.66. The molecule has 0 bridgehead atoms. The highest BCUT2D eigenvalue weighted by Gasteiger charge is 2.38. The van der Waals surface area contributed by atoms with Gasteiger partial charge >= 0.3 is 0 Å². The predicted octanol–water partition coefficient (Wildman–Crippen LogP) is 1.81. The van der Waals surface area contributed by atoms with E-state index in [-0.39, 0.29) is 18.1 Å². The van der Waals surface area contributed by atoms with Crippen molar-refractivity contribution in [3.63, 3.8) is 0 Å². The van der Waals surface area contributed by atoms with Crippen molar-refractivity contribution < 1.29 is 8.42 Å². The summed E-state index contributed by atoms with van der Waals surface area (Å²) in [7, 11) is -1.68. The van der Waals surface area contributed by atoms with Crippen LogP contribution in [0.4, 0.5) is 0 Å². The molecule has 0 aromatic heterocycles. The number of rotatable bonds is 7. The van der Waals surface area contributed by atoms with Gasteiger partial charge in [0.15, 0.2) is 0 Å². The number of nitrogens with one attached hydrogen (secondary N) is 1. The van der Waals surface area contributed by atoms with Gasteiger partial charge in [-0.2, -0.15) is 17.0 Å². The first-order valence-electron chi connectivity index (χ1n) is 7.80. The Bertz CT molecular complexity index is 384. The standard InChI is InChI=1S/C14H31N3O2S/c1-6-10-15-13(4)14-9-7-8-11-17(14)20(18,19)16(5)12(2)3/h12-15H,6-11H2,1-5H3. The molecule has 1 heterocycles. The summed E-state index contributed by atoms with van der Waals surface area (Å²) >= 11 is 0. The number of piperidine rings is 1. The molecule has 1 saturated heterocycles. The topological polar surface area (TPSA) is 52.7 Å². The molecule has 0 saturated carbocycles. The molecule has 0 aromatic carbocycles. The molecule has 0 aliphatic carbocycles. The molecule has 1 N–H and O–H groups in total. The van der Waals surface area contributed by atoms with Gasteiger partial charge in [-0.15, -0.1) is 0 Å². The molecule has 2 unspecified atom stereocenters. The third-order valence-corrected chi connectivity index (χ3v) is 6.37. The normalized spacial score (nSPS) is 23.4. The molecule has 0 radical (unpaired) electrons. The summed E-state index contributed by atoms with van der Waals surface area (Å²) in [5.41, 5.74) is 0. The lowest BCUT2D eigenvalue weighted by molar-refractivity contribution is 0.194. The SMILES string of the molecule is CCCNC(C)C1CCCCN1S(=O)(=O)N(C)C(C)C. The zero-order chi connectivity index (χ0) is 15.3. The Kier molecular flexibility index (Phi) is 6.91. The summed E-state index contributed by atoms with van der Waals surface area (Å²) in [5, 5.41) is 3.45. The number of nitrogens with zero attached hydrogens (tertiary/aromatic N) is 2. The second-order valence-electron chi connectivity index (χ2n) is 6.03. The van der Waals surface area contributed by atoms with Crippen molar-refractivity contribution in [1.29, 1.82) is 0 Å². The van der Waals surface area contributed by atoms with E-state index in [9.17, 15) is 8.42 Å². The van der Waals surface area contributed by atoms with Gasteiger partial charge in [-0.3, -0.25) is 0 Å². The molecule has 0 aromatic rings. The highest BCUT2D eigenvalue weighted by Crippen LogP contribution is 2.25. The summed E-state index contributed by atoms with van der Waals surface area (Å²) in [5.74, 6) is 0. The van der Waals surface area contributed by atoms with Gasteiger partial charge in [-0.05, 0) is 46.6 Å². The molecule has 120 valence electrons. The molecule has 6 heteroatoms. The summed E-state index contributed by atoms with van der Waals surface area (Å²) in [4.78, 5) is 0. The summed E-state index contributed by atoms with van der Waals surface area (Å²) < 4.78 is 28.7. The zero-order valence-electron chi connectivity index (χ0n) is 13.6. The van der Waals surface area contributed by atoms with Gasteiger partial charge in [-0.25, -0.2) is 0 Å². The van der Waals surface area contributed by atoms with Crippen LogP contribution in [0.5, 0.6) is 0 Å². The van der Waals surface area contributed by atoms with E-state index in [1.807, 2.05) is 13.8 Å². The van der Waals surface area contributed by atoms with Crippen molar-refractivity contribution in [2.24, 2.45) is 0 Å². The lowest BCUT2D eigenvalue weighted by Gasteiger charge is -2.41. The van der Waals surface area contributed by atoms with E-state index in [0.717, 1.165) is 32.2 Å². The van der Waals surface area contributed by atoms with E-state index < -0.39 is 10.2 Å². The minimum atomic E-state index is -3.35. The van der Waals surface area contributed by atoms with Gasteiger partial charge in [-0.1, -0.05) is 13.3 Å². The molecular formula is C14H31N3O2S. The average molecular weight is 305 g/mol. The minimum absolute atomic E-state index is 0.0125. The Morgan fingerprint density at radius 3 is 2.50 bits per heavy atom. The van der Waals surface area contributed by atoms with Gasteiger partial charge in [0.05, 0.1) is 0 Å². The highest BCUT2D eigenvalue weighted by atomic mass is 32.2. The largest absolute Gasteiger partial charge is 0.313 e. The average Bonchev–Trinajstić information content (AvgIpc) is 2.43. The van der Waals surface area contributed by atoms with E-state index >= 15 is 0 Å². The second kappa shape index (κ2) is 7.73. The van der Waals surface area contributed by atoms with Crippen molar-refractivity contribution in [1.82, 2.24) is 13.9 Å². The Labute approximate surface area is 124 Å². The van der Waals surface area contributed by atoms with Crippen LogP contribution in [0, 0.1) is 0 Å². The Balaban J connectivity index is 2.88. The molecule has 20 heavy (non-hydrogen) atoms. The van der Waals surface area contributed by atoms with Crippen LogP contribution in [0.15, 0.2) is 0 Å². The van der Waals surface area contributed by atoms with Crippen LogP contribution < -0.4 is 5.32 Å². The lowest BCUT2D eigenvalue weighted by atomic mass is 9.99. The third kappa shape index (κ3) is 4.16. The molecule has 5 nitrogen and oxygen atoms in total. The van der Waals surface area contributed by atoms with E-state index in [0.29, 0.717) is 6.54 Å². The van der Waals surface area contributed by atoms with Crippen LogP contribution in [-0.2, 0) is 10.2 Å². The fourth-order valence-corrected chi connectivity index (χ4v) is 4.51. The Morgan fingerprint density at radius 2 is 1.95 bits per heavy atom. The van der Waals surface area contributed by atoms with Crippen molar-refractivity contribution in [3.05, 3.63) is 0 Å². The van der Waals surface area contributed by atoms with Gasteiger partial charge in [0.25, 0.3) is 10.2 Å².